The Labute approximate surface area is 228 Å². The second kappa shape index (κ2) is 14.5. The molecule has 0 bridgehead atoms. The number of phenols is 2. The number of aryl methyl sites for hydroxylation is 3. The second-order valence-electron chi connectivity index (χ2n) is 10.7. The van der Waals surface area contributed by atoms with Gasteiger partial charge in [-0.1, -0.05) is 75.1 Å². The number of aromatic hydroxyl groups is 2. The van der Waals surface area contributed by atoms with Crippen molar-refractivity contribution in [1.82, 2.24) is 0 Å². The fourth-order valence-electron chi connectivity index (χ4n) is 5.87. The van der Waals surface area contributed by atoms with Crippen LogP contribution in [-0.2, 0) is 19.3 Å². The Morgan fingerprint density at radius 3 is 2.22 bits per heavy atom. The van der Waals surface area contributed by atoms with Crippen molar-refractivity contribution in [3.05, 3.63) is 94.5 Å². The average molecular weight is 517 g/mol. The maximum absolute atomic E-state index is 10.0. The first-order valence-electron chi connectivity index (χ1n) is 14.4. The maximum Gasteiger partial charge on any atom is 0.115 e. The van der Waals surface area contributed by atoms with Gasteiger partial charge in [-0.3, -0.25) is 0 Å². The van der Waals surface area contributed by atoms with Crippen molar-refractivity contribution in [2.75, 3.05) is 11.5 Å². The van der Waals surface area contributed by atoms with Gasteiger partial charge in [-0.25, -0.2) is 0 Å². The van der Waals surface area contributed by atoms with E-state index in [1.807, 2.05) is 24.3 Å². The normalized spacial score (nSPS) is 17.0. The van der Waals surface area contributed by atoms with E-state index in [9.17, 15) is 10.2 Å². The molecule has 3 aromatic rings. The van der Waals surface area contributed by atoms with E-state index in [1.165, 1.54) is 84.3 Å². The number of hydrogen-bond acceptors (Lipinski definition) is 3. The molecule has 0 spiro atoms. The van der Waals surface area contributed by atoms with Crippen molar-refractivity contribution in [2.24, 2.45) is 0 Å². The number of rotatable bonds is 14. The van der Waals surface area contributed by atoms with E-state index >= 15 is 0 Å². The average Bonchev–Trinajstić information content (AvgIpc) is 2.91. The lowest BCUT2D eigenvalue weighted by Crippen LogP contribution is -2.19. The maximum atomic E-state index is 10.0. The molecule has 2 atom stereocenters. The van der Waals surface area contributed by atoms with Gasteiger partial charge in [0.1, 0.15) is 11.5 Å². The molecular weight excluding hydrogens is 472 g/mol. The van der Waals surface area contributed by atoms with Crippen molar-refractivity contribution < 1.29 is 10.2 Å². The molecule has 2 N–H and O–H groups in total. The molecule has 0 heterocycles. The van der Waals surface area contributed by atoms with Crippen molar-refractivity contribution in [1.29, 1.82) is 0 Å². The summed E-state index contributed by atoms with van der Waals surface area (Å²) in [5.41, 5.74) is 6.92. The highest BCUT2D eigenvalue weighted by atomic mass is 32.2. The highest BCUT2D eigenvalue weighted by molar-refractivity contribution is 7.99. The van der Waals surface area contributed by atoms with Crippen LogP contribution in [0.5, 0.6) is 11.5 Å². The summed E-state index contributed by atoms with van der Waals surface area (Å²) in [6.07, 6.45) is 13.4. The number of fused-ring (bicyclic) bond motifs is 1. The third-order valence-electron chi connectivity index (χ3n) is 7.99. The van der Waals surface area contributed by atoms with Crippen LogP contribution in [0.4, 0.5) is 0 Å². The second-order valence-corrected chi connectivity index (χ2v) is 11.9. The molecule has 2 nitrogen and oxygen atoms in total. The summed E-state index contributed by atoms with van der Waals surface area (Å²) in [7, 11) is 0. The van der Waals surface area contributed by atoms with Crippen molar-refractivity contribution in [3.8, 4) is 11.5 Å². The smallest absolute Gasteiger partial charge is 0.115 e. The van der Waals surface area contributed by atoms with Crippen LogP contribution in [-0.4, -0.2) is 21.7 Å². The lowest BCUT2D eigenvalue weighted by Gasteiger charge is -2.34. The fraction of sp³-hybridized carbons (Fsp3) is 0.471. The Morgan fingerprint density at radius 2 is 1.46 bits per heavy atom. The van der Waals surface area contributed by atoms with E-state index < -0.39 is 0 Å². The zero-order valence-corrected chi connectivity index (χ0v) is 23.3. The molecule has 3 aromatic carbocycles. The molecule has 0 fully saturated rings. The van der Waals surface area contributed by atoms with Crippen molar-refractivity contribution in [3.63, 3.8) is 0 Å². The lowest BCUT2D eigenvalue weighted by molar-refractivity contribution is 0.428. The first kappa shape index (κ1) is 27.6. The highest BCUT2D eigenvalue weighted by Gasteiger charge is 2.30. The molecule has 0 aliphatic heterocycles. The molecule has 0 amide bonds. The number of unbranched alkanes of at least 4 members (excludes halogenated alkanes) is 4. The molecule has 2 unspecified atom stereocenters. The molecule has 0 saturated heterocycles. The van der Waals surface area contributed by atoms with Crippen LogP contribution in [0, 0.1) is 0 Å². The third-order valence-corrected chi connectivity index (χ3v) is 9.06. The van der Waals surface area contributed by atoms with E-state index in [-0.39, 0.29) is 0 Å². The van der Waals surface area contributed by atoms with Gasteiger partial charge < -0.3 is 10.2 Å². The van der Waals surface area contributed by atoms with E-state index in [4.69, 9.17) is 0 Å². The summed E-state index contributed by atoms with van der Waals surface area (Å²) < 4.78 is 0. The monoisotopic (exact) mass is 516 g/mol. The molecule has 3 heteroatoms. The molecule has 0 saturated carbocycles. The van der Waals surface area contributed by atoms with Gasteiger partial charge in [-0.05, 0) is 120 Å². The van der Waals surface area contributed by atoms with Crippen LogP contribution in [0.2, 0.25) is 0 Å². The summed E-state index contributed by atoms with van der Waals surface area (Å²) >= 11 is 2.10. The Bertz CT molecular complexity index is 1070. The minimum absolute atomic E-state index is 0.327. The number of thioether (sulfide) groups is 1. The van der Waals surface area contributed by atoms with Crippen LogP contribution >= 0.6 is 11.8 Å². The molecule has 1 aliphatic carbocycles. The first-order chi connectivity index (χ1) is 18.1. The molecule has 198 valence electrons. The number of hydrogen-bond donors (Lipinski definition) is 2. The first-order valence-corrected chi connectivity index (χ1v) is 15.6. The van der Waals surface area contributed by atoms with Gasteiger partial charge in [0.05, 0.1) is 0 Å². The molecular formula is C34H44O2S. The molecule has 37 heavy (non-hydrogen) atoms. The van der Waals surface area contributed by atoms with Gasteiger partial charge in [0, 0.05) is 0 Å². The standard InChI is InChI=1S/C34H44O2S/c1-2-3-4-7-23-37-24-22-27-12-10-26(11-13-27)8-5-6-9-34-32(28-14-17-30(35)18-15-28)20-16-29-25-31(36)19-21-33(29)34/h10-15,17-19,21,25,32,34-36H,2-9,16,20,22-24H2,1H3. The number of phenolic OH excluding ortho intramolecular Hbond substituents is 2. The SMILES string of the molecule is CCCCCCSCCc1ccc(CCCCC2c3ccc(O)cc3CCC2c2ccc(O)cc2)cc1. The van der Waals surface area contributed by atoms with E-state index in [1.54, 1.807) is 0 Å². The van der Waals surface area contributed by atoms with Crippen LogP contribution < -0.4 is 0 Å². The van der Waals surface area contributed by atoms with Crippen LogP contribution in [0.3, 0.4) is 0 Å². The minimum atomic E-state index is 0.327. The zero-order chi connectivity index (χ0) is 25.9. The largest absolute Gasteiger partial charge is 0.508 e. The highest BCUT2D eigenvalue weighted by Crippen LogP contribution is 2.46. The van der Waals surface area contributed by atoms with E-state index in [2.05, 4.69) is 61.2 Å². The zero-order valence-electron chi connectivity index (χ0n) is 22.5. The summed E-state index contributed by atoms with van der Waals surface area (Å²) in [6, 6.07) is 23.1. The van der Waals surface area contributed by atoms with Crippen LogP contribution in [0.25, 0.3) is 0 Å². The minimum Gasteiger partial charge on any atom is -0.508 e. The molecule has 1 aliphatic rings. The molecule has 0 radical (unpaired) electrons. The summed E-state index contributed by atoms with van der Waals surface area (Å²) in [6.45, 7) is 2.27. The number of benzene rings is 3. The molecule has 4 rings (SSSR count). The van der Waals surface area contributed by atoms with E-state index in [0.29, 0.717) is 23.3 Å². The lowest BCUT2D eigenvalue weighted by atomic mass is 9.70. The van der Waals surface area contributed by atoms with Crippen molar-refractivity contribution >= 4 is 11.8 Å². The predicted octanol–water partition coefficient (Wildman–Crippen LogP) is 9.18. The Kier molecular flexibility index (Phi) is 10.8. The predicted molar refractivity (Wildman–Crippen MR) is 159 cm³/mol. The third kappa shape index (κ3) is 8.30. The van der Waals surface area contributed by atoms with E-state index in [0.717, 1.165) is 25.7 Å². The summed E-state index contributed by atoms with van der Waals surface area (Å²) in [5.74, 6) is 4.15. The Balaban J connectivity index is 1.27. The van der Waals surface area contributed by atoms with Crippen LogP contribution in [0.1, 0.15) is 97.9 Å². The quantitative estimate of drug-likeness (QED) is 0.210. The summed E-state index contributed by atoms with van der Waals surface area (Å²) in [5, 5.41) is 19.8. The van der Waals surface area contributed by atoms with Gasteiger partial charge in [0.2, 0.25) is 0 Å². The van der Waals surface area contributed by atoms with Gasteiger partial charge in [0.15, 0.2) is 0 Å². The van der Waals surface area contributed by atoms with Crippen LogP contribution in [0.15, 0.2) is 66.7 Å². The van der Waals surface area contributed by atoms with Gasteiger partial charge >= 0.3 is 0 Å². The molecule has 0 aromatic heterocycles. The topological polar surface area (TPSA) is 40.5 Å². The van der Waals surface area contributed by atoms with Gasteiger partial charge in [-0.2, -0.15) is 11.8 Å². The van der Waals surface area contributed by atoms with Gasteiger partial charge in [0.25, 0.3) is 0 Å². The Morgan fingerprint density at radius 1 is 0.730 bits per heavy atom. The fourth-order valence-corrected chi connectivity index (χ4v) is 6.86. The van der Waals surface area contributed by atoms with Crippen molar-refractivity contribution in [2.45, 2.75) is 89.4 Å². The Hall–Kier alpha value is -2.39. The van der Waals surface area contributed by atoms with Gasteiger partial charge in [-0.15, -0.1) is 0 Å². The summed E-state index contributed by atoms with van der Waals surface area (Å²) in [4.78, 5) is 0.